The molecule has 0 saturated carbocycles. The summed E-state index contributed by atoms with van der Waals surface area (Å²) in [6.45, 7) is 7.01. The van der Waals surface area contributed by atoms with Crippen LogP contribution in [-0.2, 0) is 6.42 Å². The van der Waals surface area contributed by atoms with Crippen molar-refractivity contribution < 1.29 is 0 Å². The van der Waals surface area contributed by atoms with E-state index in [1.165, 1.54) is 11.1 Å². The molecule has 1 aromatic carbocycles. The van der Waals surface area contributed by atoms with Crippen LogP contribution < -0.4 is 5.32 Å². The first-order valence-corrected chi connectivity index (χ1v) is 7.79. The Kier molecular flexibility index (Phi) is 3.85. The predicted molar refractivity (Wildman–Crippen MR) is 87.2 cm³/mol. The number of rotatable bonds is 4. The van der Waals surface area contributed by atoms with Crippen LogP contribution in [0, 0.1) is 6.92 Å². The van der Waals surface area contributed by atoms with Gasteiger partial charge < -0.3 is 5.32 Å². The smallest absolute Gasteiger partial charge is 0.137 e. The third-order valence-corrected chi connectivity index (χ3v) is 4.47. The van der Waals surface area contributed by atoms with Crippen LogP contribution in [0.25, 0.3) is 0 Å². The molecular formula is C17H20ClN3. The van der Waals surface area contributed by atoms with Gasteiger partial charge in [0.15, 0.2) is 0 Å². The van der Waals surface area contributed by atoms with Crippen LogP contribution in [0.2, 0.25) is 5.15 Å². The minimum absolute atomic E-state index is 0.271. The highest BCUT2D eigenvalue weighted by atomic mass is 35.5. The molecule has 0 bridgehead atoms. The Morgan fingerprint density at radius 1 is 1.29 bits per heavy atom. The molecule has 1 unspecified atom stereocenters. The summed E-state index contributed by atoms with van der Waals surface area (Å²) in [6.07, 6.45) is 1.14. The SMILES string of the molecule is Cc1c(Cl)nc(C(C)C)nc1NCC1Cc2ccccc21. The Morgan fingerprint density at radius 3 is 2.76 bits per heavy atom. The number of fused-ring (bicyclic) bond motifs is 1. The Hall–Kier alpha value is -1.61. The van der Waals surface area contributed by atoms with Gasteiger partial charge in [0.05, 0.1) is 0 Å². The summed E-state index contributed by atoms with van der Waals surface area (Å²) >= 11 is 6.22. The van der Waals surface area contributed by atoms with Gasteiger partial charge in [-0.2, -0.15) is 0 Å². The van der Waals surface area contributed by atoms with E-state index in [-0.39, 0.29) is 5.92 Å². The van der Waals surface area contributed by atoms with Crippen LogP contribution in [-0.4, -0.2) is 16.5 Å². The molecule has 4 heteroatoms. The molecule has 1 aromatic heterocycles. The molecule has 1 aliphatic carbocycles. The van der Waals surface area contributed by atoms with Crippen molar-refractivity contribution in [3.8, 4) is 0 Å². The van der Waals surface area contributed by atoms with Crippen molar-refractivity contribution in [1.82, 2.24) is 9.97 Å². The van der Waals surface area contributed by atoms with Crippen LogP contribution in [0.5, 0.6) is 0 Å². The minimum atomic E-state index is 0.271. The minimum Gasteiger partial charge on any atom is -0.369 e. The highest BCUT2D eigenvalue weighted by molar-refractivity contribution is 6.30. The van der Waals surface area contributed by atoms with E-state index >= 15 is 0 Å². The lowest BCUT2D eigenvalue weighted by Gasteiger charge is -2.30. The molecule has 0 radical (unpaired) electrons. The highest BCUT2D eigenvalue weighted by Crippen LogP contribution is 2.35. The van der Waals surface area contributed by atoms with Gasteiger partial charge in [0.2, 0.25) is 0 Å². The zero-order valence-corrected chi connectivity index (χ0v) is 13.4. The lowest BCUT2D eigenvalue weighted by molar-refractivity contribution is 0.633. The maximum atomic E-state index is 6.22. The van der Waals surface area contributed by atoms with Gasteiger partial charge in [-0.3, -0.25) is 0 Å². The molecule has 1 atom stereocenters. The van der Waals surface area contributed by atoms with E-state index in [1.54, 1.807) is 0 Å². The third kappa shape index (κ3) is 2.75. The van der Waals surface area contributed by atoms with Crippen LogP contribution >= 0.6 is 11.6 Å². The molecule has 3 rings (SSSR count). The molecular weight excluding hydrogens is 282 g/mol. The zero-order chi connectivity index (χ0) is 15.0. The van der Waals surface area contributed by atoms with Gasteiger partial charge >= 0.3 is 0 Å². The van der Waals surface area contributed by atoms with E-state index in [1.807, 2.05) is 6.92 Å². The first kappa shape index (κ1) is 14.3. The van der Waals surface area contributed by atoms with Gasteiger partial charge in [-0.1, -0.05) is 49.7 Å². The molecule has 1 N–H and O–H groups in total. The molecule has 2 aromatic rings. The van der Waals surface area contributed by atoms with E-state index in [0.29, 0.717) is 11.1 Å². The molecule has 1 heterocycles. The summed E-state index contributed by atoms with van der Waals surface area (Å²) in [7, 11) is 0. The fourth-order valence-corrected chi connectivity index (χ4v) is 2.88. The lowest BCUT2D eigenvalue weighted by Crippen LogP contribution is -2.25. The molecule has 1 aliphatic rings. The largest absolute Gasteiger partial charge is 0.369 e. The first-order chi connectivity index (χ1) is 10.1. The summed E-state index contributed by atoms with van der Waals surface area (Å²) < 4.78 is 0. The molecule has 0 spiro atoms. The summed E-state index contributed by atoms with van der Waals surface area (Å²) in [5, 5.41) is 4.00. The predicted octanol–water partition coefficient (Wildman–Crippen LogP) is 4.31. The molecule has 21 heavy (non-hydrogen) atoms. The summed E-state index contributed by atoms with van der Waals surface area (Å²) in [6, 6.07) is 8.63. The fraction of sp³-hybridized carbons (Fsp3) is 0.412. The Labute approximate surface area is 130 Å². The number of anilines is 1. The lowest BCUT2D eigenvalue weighted by atomic mass is 9.77. The van der Waals surface area contributed by atoms with Gasteiger partial charge in [-0.25, -0.2) is 9.97 Å². The van der Waals surface area contributed by atoms with E-state index < -0.39 is 0 Å². The number of nitrogens with zero attached hydrogens (tertiary/aromatic N) is 2. The normalized spacial score (nSPS) is 16.5. The van der Waals surface area contributed by atoms with Crippen molar-refractivity contribution in [2.75, 3.05) is 11.9 Å². The number of hydrogen-bond donors (Lipinski definition) is 1. The van der Waals surface area contributed by atoms with E-state index in [9.17, 15) is 0 Å². The van der Waals surface area contributed by atoms with Crippen molar-refractivity contribution in [3.63, 3.8) is 0 Å². The van der Waals surface area contributed by atoms with Crippen molar-refractivity contribution in [2.45, 2.75) is 39.0 Å². The van der Waals surface area contributed by atoms with Crippen LogP contribution in [0.15, 0.2) is 24.3 Å². The summed E-state index contributed by atoms with van der Waals surface area (Å²) in [5.41, 5.74) is 3.84. The van der Waals surface area contributed by atoms with Gasteiger partial charge in [-0.05, 0) is 24.5 Å². The summed E-state index contributed by atoms with van der Waals surface area (Å²) in [5.74, 6) is 2.50. The number of hydrogen-bond acceptors (Lipinski definition) is 3. The number of nitrogens with one attached hydrogen (secondary N) is 1. The number of aromatic nitrogens is 2. The third-order valence-electron chi connectivity index (χ3n) is 4.10. The highest BCUT2D eigenvalue weighted by Gasteiger charge is 2.25. The van der Waals surface area contributed by atoms with Crippen LogP contribution in [0.1, 0.15) is 48.2 Å². The Morgan fingerprint density at radius 2 is 2.05 bits per heavy atom. The molecule has 0 saturated heterocycles. The second-order valence-electron chi connectivity index (χ2n) is 5.98. The average Bonchev–Trinajstić information content (AvgIpc) is 2.43. The van der Waals surface area contributed by atoms with Crippen LogP contribution in [0.4, 0.5) is 5.82 Å². The second-order valence-corrected chi connectivity index (χ2v) is 6.34. The molecule has 0 aliphatic heterocycles. The standard InChI is InChI=1S/C17H20ClN3/c1-10(2)16-20-15(18)11(3)17(21-16)19-9-13-8-12-6-4-5-7-14(12)13/h4-7,10,13H,8-9H2,1-3H3,(H,19,20,21). The molecule has 3 nitrogen and oxygen atoms in total. The molecule has 0 fully saturated rings. The number of benzene rings is 1. The van der Waals surface area contributed by atoms with Crippen molar-refractivity contribution in [1.29, 1.82) is 0 Å². The summed E-state index contributed by atoms with van der Waals surface area (Å²) in [4.78, 5) is 8.96. The maximum Gasteiger partial charge on any atom is 0.137 e. The van der Waals surface area contributed by atoms with Crippen LogP contribution in [0.3, 0.4) is 0 Å². The van der Waals surface area contributed by atoms with Gasteiger partial charge in [0.1, 0.15) is 16.8 Å². The zero-order valence-electron chi connectivity index (χ0n) is 12.7. The quantitative estimate of drug-likeness (QED) is 0.855. The van der Waals surface area contributed by atoms with Gasteiger partial charge in [0.25, 0.3) is 0 Å². The average molecular weight is 302 g/mol. The Balaban J connectivity index is 1.74. The van der Waals surface area contributed by atoms with Crippen molar-refractivity contribution in [2.24, 2.45) is 0 Å². The topological polar surface area (TPSA) is 37.8 Å². The number of halogens is 1. The Bertz CT molecular complexity index is 667. The maximum absolute atomic E-state index is 6.22. The van der Waals surface area contributed by atoms with E-state index in [4.69, 9.17) is 11.6 Å². The fourth-order valence-electron chi connectivity index (χ4n) is 2.70. The first-order valence-electron chi connectivity index (χ1n) is 7.42. The van der Waals surface area contributed by atoms with E-state index in [0.717, 1.165) is 30.2 Å². The van der Waals surface area contributed by atoms with Gasteiger partial charge in [0, 0.05) is 23.9 Å². The second kappa shape index (κ2) is 5.64. The molecule has 110 valence electrons. The van der Waals surface area contributed by atoms with Crippen molar-refractivity contribution in [3.05, 3.63) is 51.9 Å². The van der Waals surface area contributed by atoms with Crippen molar-refractivity contribution >= 4 is 17.4 Å². The van der Waals surface area contributed by atoms with E-state index in [2.05, 4.69) is 53.4 Å². The monoisotopic (exact) mass is 301 g/mol. The molecule has 0 amide bonds. The van der Waals surface area contributed by atoms with Gasteiger partial charge in [-0.15, -0.1) is 0 Å².